The Morgan fingerprint density at radius 2 is 1.92 bits per heavy atom. The number of hydrogen-bond acceptors (Lipinski definition) is 4. The molecular formula is C18H27ClN2O4S. The highest BCUT2D eigenvalue weighted by molar-refractivity contribution is 7.88. The SMILES string of the molecule is CN(C(=O)OC(C)(C)C)[C@@H]1CCCN(S(=O)(=O)Cc2ccc(Cl)cc2)C1. The number of carbonyl (C=O) groups excluding carboxylic acids is 1. The molecule has 6 nitrogen and oxygen atoms in total. The minimum Gasteiger partial charge on any atom is -0.444 e. The summed E-state index contributed by atoms with van der Waals surface area (Å²) in [6, 6.07) is 6.60. The van der Waals surface area contributed by atoms with Crippen molar-refractivity contribution in [3.8, 4) is 0 Å². The molecule has 0 aliphatic carbocycles. The van der Waals surface area contributed by atoms with Gasteiger partial charge in [0.25, 0.3) is 0 Å². The fourth-order valence-corrected chi connectivity index (χ4v) is 4.58. The quantitative estimate of drug-likeness (QED) is 0.772. The van der Waals surface area contributed by atoms with Crippen LogP contribution in [0.2, 0.25) is 5.02 Å². The van der Waals surface area contributed by atoms with Crippen LogP contribution in [0.5, 0.6) is 0 Å². The van der Waals surface area contributed by atoms with Gasteiger partial charge in [0.2, 0.25) is 10.0 Å². The molecule has 0 radical (unpaired) electrons. The summed E-state index contributed by atoms with van der Waals surface area (Å²) in [5, 5.41) is 0.572. The van der Waals surface area contributed by atoms with Crippen molar-refractivity contribution in [2.75, 3.05) is 20.1 Å². The van der Waals surface area contributed by atoms with Crippen LogP contribution in [-0.4, -0.2) is 55.5 Å². The van der Waals surface area contributed by atoms with Gasteiger partial charge in [0.15, 0.2) is 0 Å². The molecular weight excluding hydrogens is 376 g/mol. The van der Waals surface area contributed by atoms with Crippen LogP contribution in [0.3, 0.4) is 0 Å². The van der Waals surface area contributed by atoms with E-state index in [1.54, 1.807) is 31.3 Å². The largest absolute Gasteiger partial charge is 0.444 e. The van der Waals surface area contributed by atoms with E-state index in [4.69, 9.17) is 16.3 Å². The molecule has 0 aromatic heterocycles. The number of piperidine rings is 1. The molecule has 0 bridgehead atoms. The van der Waals surface area contributed by atoms with Crippen LogP contribution in [0.1, 0.15) is 39.2 Å². The molecule has 26 heavy (non-hydrogen) atoms. The van der Waals surface area contributed by atoms with E-state index >= 15 is 0 Å². The zero-order chi connectivity index (χ0) is 19.5. The van der Waals surface area contributed by atoms with E-state index in [9.17, 15) is 13.2 Å². The van der Waals surface area contributed by atoms with E-state index in [1.807, 2.05) is 20.8 Å². The van der Waals surface area contributed by atoms with Crippen molar-refractivity contribution < 1.29 is 17.9 Å². The third-order valence-corrected chi connectivity index (χ3v) is 6.31. The van der Waals surface area contributed by atoms with Crippen molar-refractivity contribution in [2.45, 2.75) is 51.0 Å². The van der Waals surface area contributed by atoms with E-state index in [1.165, 1.54) is 9.21 Å². The second-order valence-electron chi connectivity index (χ2n) is 7.63. The normalized spacial score (nSPS) is 19.2. The van der Waals surface area contributed by atoms with Crippen LogP contribution < -0.4 is 0 Å². The maximum absolute atomic E-state index is 12.8. The summed E-state index contributed by atoms with van der Waals surface area (Å²) in [5.74, 6) is -0.0763. The summed E-state index contributed by atoms with van der Waals surface area (Å²) in [5.41, 5.74) is 0.109. The first kappa shape index (κ1) is 21.0. The van der Waals surface area contributed by atoms with Crippen LogP contribution in [0.4, 0.5) is 4.79 Å². The number of amides is 1. The number of ether oxygens (including phenoxy) is 1. The fraction of sp³-hybridized carbons (Fsp3) is 0.611. The number of sulfonamides is 1. The maximum atomic E-state index is 12.8. The minimum atomic E-state index is -3.47. The molecule has 1 amide bonds. The first-order valence-electron chi connectivity index (χ1n) is 8.66. The predicted molar refractivity (Wildman–Crippen MR) is 103 cm³/mol. The maximum Gasteiger partial charge on any atom is 0.410 e. The molecule has 1 fully saturated rings. The van der Waals surface area contributed by atoms with Gasteiger partial charge in [0.1, 0.15) is 5.60 Å². The van der Waals surface area contributed by atoms with Crippen molar-refractivity contribution in [1.82, 2.24) is 9.21 Å². The fourth-order valence-electron chi connectivity index (χ4n) is 2.86. The van der Waals surface area contributed by atoms with Gasteiger partial charge in [-0.2, -0.15) is 4.31 Å². The van der Waals surface area contributed by atoms with Crippen LogP contribution in [0.15, 0.2) is 24.3 Å². The monoisotopic (exact) mass is 402 g/mol. The first-order chi connectivity index (χ1) is 12.0. The van der Waals surface area contributed by atoms with Crippen molar-refractivity contribution in [2.24, 2.45) is 0 Å². The molecule has 1 aliphatic heterocycles. The molecule has 1 heterocycles. The number of hydrogen-bond donors (Lipinski definition) is 0. The van der Waals surface area contributed by atoms with Gasteiger partial charge in [-0.05, 0) is 51.3 Å². The summed E-state index contributed by atoms with van der Waals surface area (Å²) in [7, 11) is -1.80. The van der Waals surface area contributed by atoms with E-state index in [2.05, 4.69) is 0 Å². The highest BCUT2D eigenvalue weighted by Gasteiger charge is 2.33. The zero-order valence-corrected chi connectivity index (χ0v) is 17.3. The second kappa shape index (κ2) is 8.15. The minimum absolute atomic E-state index is 0.0763. The highest BCUT2D eigenvalue weighted by Crippen LogP contribution is 2.22. The van der Waals surface area contributed by atoms with Crippen molar-refractivity contribution in [1.29, 1.82) is 0 Å². The zero-order valence-electron chi connectivity index (χ0n) is 15.7. The number of carbonyl (C=O) groups is 1. The molecule has 1 aliphatic rings. The standard InChI is InChI=1S/C18H27ClN2O4S/c1-18(2,3)25-17(22)20(4)16-6-5-11-21(12-16)26(23,24)13-14-7-9-15(19)10-8-14/h7-10,16H,5-6,11-13H2,1-4H3/t16-/m1/s1. The van der Waals surface area contributed by atoms with E-state index in [-0.39, 0.29) is 18.3 Å². The molecule has 0 spiro atoms. The number of rotatable bonds is 4. The molecule has 1 saturated heterocycles. The van der Waals surface area contributed by atoms with Crippen LogP contribution in [-0.2, 0) is 20.5 Å². The van der Waals surface area contributed by atoms with Gasteiger partial charge >= 0.3 is 6.09 Å². The molecule has 1 aromatic carbocycles. The number of nitrogens with zero attached hydrogens (tertiary/aromatic N) is 2. The van der Waals surface area contributed by atoms with Gasteiger partial charge < -0.3 is 9.64 Å². The van der Waals surface area contributed by atoms with E-state index in [0.717, 1.165) is 6.42 Å². The lowest BCUT2D eigenvalue weighted by Crippen LogP contribution is -2.51. The van der Waals surface area contributed by atoms with E-state index < -0.39 is 21.7 Å². The summed E-state index contributed by atoms with van der Waals surface area (Å²) in [6.07, 6.45) is 1.03. The van der Waals surface area contributed by atoms with Crippen molar-refractivity contribution >= 4 is 27.7 Å². The van der Waals surface area contributed by atoms with Crippen LogP contribution >= 0.6 is 11.6 Å². The summed E-state index contributed by atoms with van der Waals surface area (Å²) >= 11 is 5.85. The Labute approximate surface area is 161 Å². The number of halogens is 1. The van der Waals surface area contributed by atoms with Gasteiger partial charge in [-0.15, -0.1) is 0 Å². The molecule has 1 aromatic rings. The topological polar surface area (TPSA) is 66.9 Å². The van der Waals surface area contributed by atoms with Gasteiger partial charge in [-0.1, -0.05) is 23.7 Å². The van der Waals surface area contributed by atoms with Crippen molar-refractivity contribution in [3.05, 3.63) is 34.9 Å². The molecule has 2 rings (SSSR count). The average molecular weight is 403 g/mol. The molecule has 146 valence electrons. The molecule has 0 unspecified atom stereocenters. The Bertz CT molecular complexity index is 729. The van der Waals surface area contributed by atoms with Crippen molar-refractivity contribution in [3.63, 3.8) is 0 Å². The number of benzene rings is 1. The summed E-state index contributed by atoms with van der Waals surface area (Å²) < 4.78 is 32.4. The Morgan fingerprint density at radius 3 is 2.50 bits per heavy atom. The van der Waals surface area contributed by atoms with Gasteiger partial charge in [-0.3, -0.25) is 0 Å². The van der Waals surface area contributed by atoms with Gasteiger partial charge in [0, 0.05) is 31.2 Å². The lowest BCUT2D eigenvalue weighted by Gasteiger charge is -2.37. The van der Waals surface area contributed by atoms with Crippen LogP contribution in [0.25, 0.3) is 0 Å². The highest BCUT2D eigenvalue weighted by atomic mass is 35.5. The lowest BCUT2D eigenvalue weighted by molar-refractivity contribution is 0.0173. The Hall–Kier alpha value is -1.31. The lowest BCUT2D eigenvalue weighted by atomic mass is 10.1. The Balaban J connectivity index is 2.04. The Kier molecular flexibility index (Phi) is 6.58. The predicted octanol–water partition coefficient (Wildman–Crippen LogP) is 3.50. The Morgan fingerprint density at radius 1 is 1.31 bits per heavy atom. The van der Waals surface area contributed by atoms with E-state index in [0.29, 0.717) is 23.6 Å². The smallest absolute Gasteiger partial charge is 0.410 e. The summed E-state index contributed by atoms with van der Waals surface area (Å²) in [6.45, 7) is 6.17. The van der Waals surface area contributed by atoms with Gasteiger partial charge in [-0.25, -0.2) is 13.2 Å². The third-order valence-electron chi connectivity index (χ3n) is 4.24. The average Bonchev–Trinajstić information content (AvgIpc) is 2.54. The number of likely N-dealkylation sites (N-methyl/N-ethyl adjacent to an activating group) is 1. The molecule has 0 N–H and O–H groups in total. The third kappa shape index (κ3) is 5.86. The molecule has 8 heteroatoms. The molecule has 1 atom stereocenters. The van der Waals surface area contributed by atoms with Gasteiger partial charge in [0.05, 0.1) is 5.75 Å². The molecule has 0 saturated carbocycles. The summed E-state index contributed by atoms with van der Waals surface area (Å²) in [4.78, 5) is 13.8. The van der Waals surface area contributed by atoms with Crippen LogP contribution in [0, 0.1) is 0 Å². The second-order valence-corrected chi connectivity index (χ2v) is 10.0. The first-order valence-corrected chi connectivity index (χ1v) is 10.6.